The molecule has 8 heteroatoms. The Kier molecular flexibility index (Phi) is 8.44. The Labute approximate surface area is 179 Å². The molecule has 4 nitrogen and oxygen atoms in total. The van der Waals surface area contributed by atoms with Crippen molar-refractivity contribution < 1.29 is 26.4 Å². The molecule has 0 aromatic heterocycles. The molecular formula is C22H36F3NO3S. The second-order valence-corrected chi connectivity index (χ2v) is 11.4. The Morgan fingerprint density at radius 1 is 1.23 bits per heavy atom. The van der Waals surface area contributed by atoms with Gasteiger partial charge in [0.05, 0.1) is 11.2 Å². The standard InChI is InChI=1S/C22H36F3NO3S/c1-4-16-8-9-19(18(5-2)15-16)26-20(27)21(3)12-10-17(11-13-21)7-6-14-30(28,29)22(23,24)25/h10,16,18-19H,4-9,11-15H2,1-3H3,(H,26,27). The molecule has 2 rings (SSSR count). The molecule has 0 aromatic carbocycles. The van der Waals surface area contributed by atoms with E-state index in [9.17, 15) is 26.4 Å². The summed E-state index contributed by atoms with van der Waals surface area (Å²) in [6, 6.07) is 0.222. The third-order valence-electron chi connectivity index (χ3n) is 7.16. The van der Waals surface area contributed by atoms with Crippen LogP contribution in [0.4, 0.5) is 13.2 Å². The fourth-order valence-corrected chi connectivity index (χ4v) is 5.52. The number of hydrogen-bond acceptors (Lipinski definition) is 3. The van der Waals surface area contributed by atoms with Crippen molar-refractivity contribution in [3.63, 3.8) is 0 Å². The van der Waals surface area contributed by atoms with Gasteiger partial charge >= 0.3 is 5.51 Å². The van der Waals surface area contributed by atoms with Crippen LogP contribution in [0.5, 0.6) is 0 Å². The van der Waals surface area contributed by atoms with Crippen molar-refractivity contribution in [3.05, 3.63) is 11.6 Å². The fraction of sp³-hybridized carbons (Fsp3) is 0.864. The van der Waals surface area contributed by atoms with Crippen LogP contribution in [0.1, 0.15) is 85.0 Å². The predicted octanol–water partition coefficient (Wildman–Crippen LogP) is 5.54. The van der Waals surface area contributed by atoms with E-state index < -0.39 is 26.5 Å². The summed E-state index contributed by atoms with van der Waals surface area (Å²) in [7, 11) is -5.06. The van der Waals surface area contributed by atoms with E-state index in [0.29, 0.717) is 31.6 Å². The van der Waals surface area contributed by atoms with E-state index in [2.05, 4.69) is 19.2 Å². The van der Waals surface area contributed by atoms with Crippen LogP contribution in [-0.2, 0) is 14.6 Å². The summed E-state index contributed by atoms with van der Waals surface area (Å²) in [5, 5.41) is 3.30. The zero-order chi connectivity index (χ0) is 22.6. The fourth-order valence-electron chi connectivity index (χ4n) is 4.76. The topological polar surface area (TPSA) is 63.2 Å². The second-order valence-electron chi connectivity index (χ2n) is 9.33. The lowest BCUT2D eigenvalue weighted by Crippen LogP contribution is -2.49. The highest BCUT2D eigenvalue weighted by Gasteiger charge is 2.45. The first-order valence-electron chi connectivity index (χ1n) is 11.2. The third kappa shape index (κ3) is 6.24. The maximum absolute atomic E-state index is 13.0. The minimum atomic E-state index is -5.18. The van der Waals surface area contributed by atoms with Gasteiger partial charge in [-0.2, -0.15) is 13.2 Å². The van der Waals surface area contributed by atoms with E-state index in [-0.39, 0.29) is 18.4 Å². The maximum Gasteiger partial charge on any atom is 0.497 e. The van der Waals surface area contributed by atoms with E-state index in [4.69, 9.17) is 0 Å². The van der Waals surface area contributed by atoms with Gasteiger partial charge in [-0.1, -0.05) is 45.3 Å². The van der Waals surface area contributed by atoms with E-state index in [1.54, 1.807) is 0 Å². The van der Waals surface area contributed by atoms with Gasteiger partial charge in [0.2, 0.25) is 15.7 Å². The van der Waals surface area contributed by atoms with Crippen molar-refractivity contribution in [2.45, 2.75) is 96.5 Å². The number of carbonyl (C=O) groups excluding carboxylic acids is 1. The number of carbonyl (C=O) groups is 1. The largest absolute Gasteiger partial charge is 0.497 e. The van der Waals surface area contributed by atoms with Crippen LogP contribution in [0.15, 0.2) is 11.6 Å². The Morgan fingerprint density at radius 3 is 2.47 bits per heavy atom. The van der Waals surface area contributed by atoms with Crippen molar-refractivity contribution >= 4 is 15.7 Å². The predicted molar refractivity (Wildman–Crippen MR) is 112 cm³/mol. The van der Waals surface area contributed by atoms with E-state index in [0.717, 1.165) is 30.8 Å². The van der Waals surface area contributed by atoms with Gasteiger partial charge in [-0.25, -0.2) is 8.42 Å². The summed E-state index contributed by atoms with van der Waals surface area (Å²) in [4.78, 5) is 13.0. The first-order chi connectivity index (χ1) is 13.9. The van der Waals surface area contributed by atoms with Crippen LogP contribution < -0.4 is 5.32 Å². The molecule has 1 fully saturated rings. The quantitative estimate of drug-likeness (QED) is 0.493. The van der Waals surface area contributed by atoms with Gasteiger partial charge in [-0.05, 0) is 63.2 Å². The van der Waals surface area contributed by atoms with Gasteiger partial charge in [-0.3, -0.25) is 4.79 Å². The molecule has 0 bridgehead atoms. The van der Waals surface area contributed by atoms with Crippen molar-refractivity contribution in [2.75, 3.05) is 5.75 Å². The molecule has 0 aliphatic heterocycles. The van der Waals surface area contributed by atoms with Gasteiger partial charge in [-0.15, -0.1) is 0 Å². The molecule has 4 unspecified atom stereocenters. The lowest BCUT2D eigenvalue weighted by Gasteiger charge is -2.39. The number of rotatable bonds is 8. The molecule has 1 amide bonds. The molecule has 30 heavy (non-hydrogen) atoms. The molecule has 0 radical (unpaired) electrons. The summed E-state index contributed by atoms with van der Waals surface area (Å²) >= 11 is 0. The third-order valence-corrected chi connectivity index (χ3v) is 8.69. The van der Waals surface area contributed by atoms with Gasteiger partial charge in [0.1, 0.15) is 0 Å². The van der Waals surface area contributed by atoms with E-state index in [1.165, 1.54) is 12.8 Å². The summed E-state index contributed by atoms with van der Waals surface area (Å²) in [5.41, 5.74) is -4.74. The molecule has 2 aliphatic carbocycles. The molecule has 2 aliphatic rings. The summed E-state index contributed by atoms with van der Waals surface area (Å²) in [5.74, 6) is 0.446. The number of alkyl halides is 3. The first kappa shape index (κ1) is 25.2. The Morgan fingerprint density at radius 2 is 1.93 bits per heavy atom. The molecule has 174 valence electrons. The highest BCUT2D eigenvalue weighted by Crippen LogP contribution is 2.39. The minimum Gasteiger partial charge on any atom is -0.353 e. The number of hydrogen-bond donors (Lipinski definition) is 1. The van der Waals surface area contributed by atoms with Crippen LogP contribution in [0.2, 0.25) is 0 Å². The van der Waals surface area contributed by atoms with Gasteiger partial charge in [0.15, 0.2) is 0 Å². The lowest BCUT2D eigenvalue weighted by molar-refractivity contribution is -0.132. The molecule has 0 heterocycles. The normalized spacial score (nSPS) is 30.6. The first-order valence-corrected chi connectivity index (χ1v) is 12.8. The van der Waals surface area contributed by atoms with Crippen LogP contribution in [0, 0.1) is 17.3 Å². The summed E-state index contributed by atoms with van der Waals surface area (Å²) in [6.07, 6.45) is 9.59. The molecule has 0 saturated heterocycles. The second kappa shape index (κ2) is 10.0. The Balaban J connectivity index is 1.87. The van der Waals surface area contributed by atoms with Crippen molar-refractivity contribution in [3.8, 4) is 0 Å². The number of nitrogens with one attached hydrogen (secondary N) is 1. The highest BCUT2D eigenvalue weighted by molar-refractivity contribution is 7.92. The molecule has 0 aromatic rings. The molecule has 4 atom stereocenters. The lowest BCUT2D eigenvalue weighted by atomic mass is 9.73. The summed E-state index contributed by atoms with van der Waals surface area (Å²) < 4.78 is 59.6. The van der Waals surface area contributed by atoms with Crippen molar-refractivity contribution in [1.82, 2.24) is 5.32 Å². The smallest absolute Gasteiger partial charge is 0.353 e. The highest BCUT2D eigenvalue weighted by atomic mass is 32.2. The molecule has 1 saturated carbocycles. The van der Waals surface area contributed by atoms with E-state index >= 15 is 0 Å². The zero-order valence-corrected chi connectivity index (χ0v) is 19.2. The van der Waals surface area contributed by atoms with Gasteiger partial charge in [0.25, 0.3) is 0 Å². The van der Waals surface area contributed by atoms with Crippen LogP contribution in [0.3, 0.4) is 0 Å². The number of sulfone groups is 1. The minimum absolute atomic E-state index is 0.0462. The van der Waals surface area contributed by atoms with Gasteiger partial charge < -0.3 is 5.32 Å². The van der Waals surface area contributed by atoms with Crippen molar-refractivity contribution in [2.24, 2.45) is 17.3 Å². The average molecular weight is 452 g/mol. The Bertz CT molecular complexity index is 732. The number of halogens is 3. The van der Waals surface area contributed by atoms with Crippen LogP contribution in [-0.4, -0.2) is 31.6 Å². The number of amides is 1. The maximum atomic E-state index is 13.0. The Hall–Kier alpha value is -1.05. The van der Waals surface area contributed by atoms with Gasteiger partial charge in [0, 0.05) is 6.04 Å². The SMILES string of the molecule is CCC1CCC(NC(=O)C2(C)CC=C(CCCS(=O)(=O)C(F)(F)F)CC2)C(CC)C1. The molecular weight excluding hydrogens is 415 g/mol. The number of allylic oxidation sites excluding steroid dienone is 2. The molecule has 0 spiro atoms. The van der Waals surface area contributed by atoms with Crippen LogP contribution >= 0.6 is 0 Å². The molecule has 1 N–H and O–H groups in total. The van der Waals surface area contributed by atoms with Crippen molar-refractivity contribution in [1.29, 1.82) is 0 Å². The zero-order valence-electron chi connectivity index (χ0n) is 18.4. The van der Waals surface area contributed by atoms with E-state index in [1.807, 2.05) is 13.0 Å². The summed E-state index contributed by atoms with van der Waals surface area (Å²) in [6.45, 7) is 6.35. The van der Waals surface area contributed by atoms with Crippen LogP contribution in [0.25, 0.3) is 0 Å². The monoisotopic (exact) mass is 451 g/mol. The average Bonchev–Trinajstić information content (AvgIpc) is 2.68.